The molecule has 2 N–H and O–H groups in total. The minimum absolute atomic E-state index is 0.0699. The molecule has 336 valence electrons. The Morgan fingerprint density at radius 2 is 1.65 bits per heavy atom. The van der Waals surface area contributed by atoms with Gasteiger partial charge in [0.1, 0.15) is 17.5 Å². The van der Waals surface area contributed by atoms with E-state index >= 15 is 8.78 Å². The number of piperidine rings is 2. The first-order valence-corrected chi connectivity index (χ1v) is 22.1. The van der Waals surface area contributed by atoms with Crippen molar-refractivity contribution >= 4 is 50.7 Å². The Labute approximate surface area is 368 Å². The molecule has 0 saturated carbocycles. The Morgan fingerprint density at radius 3 is 2.30 bits per heavy atom. The van der Waals surface area contributed by atoms with Crippen molar-refractivity contribution in [3.05, 3.63) is 74.0 Å². The van der Waals surface area contributed by atoms with Crippen molar-refractivity contribution in [2.75, 3.05) is 85.6 Å². The highest BCUT2D eigenvalue weighted by atomic mass is 32.1. The standard InChI is InChI=1S/C45H54F2N8O7S/c1-26-39(28-19-34(61-5)32(24-50(2)3)35(20-28)62-6)40-31(43(59)51(26)4)22-36(63-40)42(58)48-37-11-12-53(25-45(37,46)47)14-13-52-15-17-54(18-16-52)29-8-7-27-23-55(44(60)30(27)21-29)33-9-10-38(56)49-41(33)57/h7-8,19-22,33,37H,9-18,23-25H2,1-6H3,(H,48,58)(H,49,56,57). The molecule has 4 aromatic rings. The third-order valence-electron chi connectivity index (χ3n) is 12.9. The number of aromatic nitrogens is 1. The average molecular weight is 889 g/mol. The van der Waals surface area contributed by atoms with Crippen LogP contribution in [0, 0.1) is 6.92 Å². The van der Waals surface area contributed by atoms with E-state index in [1.807, 2.05) is 56.3 Å². The first kappa shape index (κ1) is 44.2. The third kappa shape index (κ3) is 8.65. The summed E-state index contributed by atoms with van der Waals surface area (Å²) in [7, 11) is 8.74. The Hall–Kier alpha value is -5.43. The maximum Gasteiger partial charge on any atom is 0.280 e. The van der Waals surface area contributed by atoms with Gasteiger partial charge in [-0.05, 0) is 75.3 Å². The zero-order valence-corrected chi connectivity index (χ0v) is 37.3. The minimum atomic E-state index is -3.18. The molecule has 3 fully saturated rings. The van der Waals surface area contributed by atoms with Gasteiger partial charge in [0.05, 0.1) is 47.3 Å². The number of carbonyl (C=O) groups is 4. The Bertz CT molecular complexity index is 2510. The van der Waals surface area contributed by atoms with Crippen LogP contribution in [0.3, 0.4) is 0 Å². The number of hydrogen-bond donors (Lipinski definition) is 2. The van der Waals surface area contributed by atoms with Gasteiger partial charge < -0.3 is 34.1 Å². The lowest BCUT2D eigenvalue weighted by Crippen LogP contribution is -2.59. The summed E-state index contributed by atoms with van der Waals surface area (Å²) in [6, 6.07) is 9.05. The predicted molar refractivity (Wildman–Crippen MR) is 236 cm³/mol. The number of halogens is 2. The molecule has 0 spiro atoms. The van der Waals surface area contributed by atoms with Gasteiger partial charge in [-0.1, -0.05) is 6.07 Å². The number of ether oxygens (including phenoxy) is 2. The molecule has 18 heteroatoms. The van der Waals surface area contributed by atoms with Gasteiger partial charge >= 0.3 is 0 Å². The van der Waals surface area contributed by atoms with Gasteiger partial charge in [-0.3, -0.25) is 39.1 Å². The van der Waals surface area contributed by atoms with E-state index in [9.17, 15) is 24.0 Å². The Morgan fingerprint density at radius 1 is 0.952 bits per heavy atom. The lowest BCUT2D eigenvalue weighted by Gasteiger charge is -2.40. The van der Waals surface area contributed by atoms with Gasteiger partial charge in [-0.25, -0.2) is 8.78 Å². The zero-order chi connectivity index (χ0) is 44.9. The number of hydrogen-bond acceptors (Lipinski definition) is 12. The number of amides is 4. The smallest absolute Gasteiger partial charge is 0.280 e. The number of nitrogens with zero attached hydrogens (tertiary/aromatic N) is 6. The van der Waals surface area contributed by atoms with Gasteiger partial charge in [0.25, 0.3) is 23.3 Å². The average Bonchev–Trinajstić information content (AvgIpc) is 3.84. The summed E-state index contributed by atoms with van der Waals surface area (Å²) in [6.07, 6.45) is 0.584. The lowest BCUT2D eigenvalue weighted by atomic mass is 9.99. The number of benzene rings is 2. The number of anilines is 1. The number of methoxy groups -OCH3 is 2. The number of alkyl halides is 2. The van der Waals surface area contributed by atoms with Crippen LogP contribution in [0.2, 0.25) is 0 Å². The van der Waals surface area contributed by atoms with Crippen LogP contribution in [0.1, 0.15) is 56.1 Å². The van der Waals surface area contributed by atoms with Crippen molar-refractivity contribution in [1.82, 2.24) is 34.8 Å². The molecule has 6 heterocycles. The number of likely N-dealkylation sites (tertiary alicyclic amines) is 1. The molecule has 4 aliphatic rings. The molecule has 4 aliphatic heterocycles. The number of fused-ring (bicyclic) bond motifs is 2. The van der Waals surface area contributed by atoms with E-state index < -0.39 is 36.4 Å². The fraction of sp³-hybridized carbons (Fsp3) is 0.489. The molecule has 8 rings (SSSR count). The minimum Gasteiger partial charge on any atom is -0.496 e. The monoisotopic (exact) mass is 888 g/mol. The molecule has 2 atom stereocenters. The van der Waals surface area contributed by atoms with Crippen LogP contribution in [0.5, 0.6) is 11.5 Å². The molecule has 4 amide bonds. The number of thiophene rings is 1. The van der Waals surface area contributed by atoms with E-state index in [1.54, 1.807) is 31.1 Å². The van der Waals surface area contributed by atoms with Crippen LogP contribution in [0.25, 0.3) is 21.2 Å². The third-order valence-corrected chi connectivity index (χ3v) is 14.1. The summed E-state index contributed by atoms with van der Waals surface area (Å²) in [5.74, 6) is -3.57. The van der Waals surface area contributed by atoms with Gasteiger partial charge in [-0.15, -0.1) is 11.3 Å². The van der Waals surface area contributed by atoms with Gasteiger partial charge in [0.2, 0.25) is 11.8 Å². The molecule has 0 bridgehead atoms. The zero-order valence-electron chi connectivity index (χ0n) is 36.5. The number of carbonyl (C=O) groups excluding carboxylic acids is 4. The van der Waals surface area contributed by atoms with Gasteiger partial charge in [0, 0.05) is 94.9 Å². The van der Waals surface area contributed by atoms with E-state index in [0.717, 1.165) is 52.4 Å². The van der Waals surface area contributed by atoms with E-state index in [0.29, 0.717) is 85.1 Å². The van der Waals surface area contributed by atoms with E-state index in [4.69, 9.17) is 9.47 Å². The van der Waals surface area contributed by atoms with Gasteiger partial charge in [0.15, 0.2) is 0 Å². The molecule has 63 heavy (non-hydrogen) atoms. The normalized spacial score (nSPS) is 20.7. The van der Waals surface area contributed by atoms with Gasteiger partial charge in [-0.2, -0.15) is 0 Å². The summed E-state index contributed by atoms with van der Waals surface area (Å²) in [5.41, 5.74) is 5.04. The quantitative estimate of drug-likeness (QED) is 0.201. The Kier molecular flexibility index (Phi) is 12.4. The molecule has 15 nitrogen and oxygen atoms in total. The second kappa shape index (κ2) is 17.6. The summed E-state index contributed by atoms with van der Waals surface area (Å²) < 4.78 is 45.2. The lowest BCUT2D eigenvalue weighted by molar-refractivity contribution is -0.136. The van der Waals surface area contributed by atoms with Crippen molar-refractivity contribution < 1.29 is 37.4 Å². The second-order valence-electron chi connectivity index (χ2n) is 17.2. The van der Waals surface area contributed by atoms with E-state index in [2.05, 4.69) is 20.4 Å². The number of piperazine rings is 1. The van der Waals surface area contributed by atoms with Crippen molar-refractivity contribution in [2.24, 2.45) is 7.05 Å². The SMILES string of the molecule is COc1cc(-c2c(C)n(C)c(=O)c3cc(C(=O)NC4CCN(CCN5CCN(c6ccc7c(c6)C(=O)N(C6CCC(=O)NC6=O)C7)CC5)CC4(F)F)sc23)cc(OC)c1CN(C)C. The molecular formula is C45H54F2N8O7S. The predicted octanol–water partition coefficient (Wildman–Crippen LogP) is 3.68. The Balaban J connectivity index is 0.871. The first-order valence-electron chi connectivity index (χ1n) is 21.3. The summed E-state index contributed by atoms with van der Waals surface area (Å²) >= 11 is 1.11. The first-order chi connectivity index (χ1) is 30.1. The fourth-order valence-electron chi connectivity index (χ4n) is 9.31. The highest BCUT2D eigenvalue weighted by molar-refractivity contribution is 7.21. The van der Waals surface area contributed by atoms with Crippen LogP contribution in [-0.4, -0.2) is 146 Å². The van der Waals surface area contributed by atoms with Crippen molar-refractivity contribution in [2.45, 2.75) is 57.3 Å². The summed E-state index contributed by atoms with van der Waals surface area (Å²) in [4.78, 5) is 74.6. The number of nitrogens with one attached hydrogen (secondary N) is 2. The summed E-state index contributed by atoms with van der Waals surface area (Å²) in [5, 5.41) is 5.28. The van der Waals surface area contributed by atoms with Crippen LogP contribution < -0.4 is 30.6 Å². The van der Waals surface area contributed by atoms with Crippen LogP contribution in [0.15, 0.2) is 41.2 Å². The maximum absolute atomic E-state index is 15.8. The molecule has 0 aliphatic carbocycles. The molecule has 2 unspecified atom stereocenters. The fourth-order valence-corrected chi connectivity index (χ4v) is 10.5. The molecule has 3 saturated heterocycles. The largest absolute Gasteiger partial charge is 0.496 e. The van der Waals surface area contributed by atoms with E-state index in [1.165, 1.54) is 10.6 Å². The number of rotatable bonds is 12. The van der Waals surface area contributed by atoms with Crippen LogP contribution in [0.4, 0.5) is 14.5 Å². The topological polar surface area (TPSA) is 149 Å². The second-order valence-corrected chi connectivity index (χ2v) is 18.2. The van der Waals surface area contributed by atoms with Crippen molar-refractivity contribution in [3.63, 3.8) is 0 Å². The number of imide groups is 1. The number of pyridine rings is 1. The molecule has 2 aromatic carbocycles. The highest BCUT2D eigenvalue weighted by Gasteiger charge is 2.46. The van der Waals surface area contributed by atoms with Crippen LogP contribution in [-0.2, 0) is 29.7 Å². The van der Waals surface area contributed by atoms with Crippen LogP contribution >= 0.6 is 11.3 Å². The molecule has 2 aromatic heterocycles. The maximum atomic E-state index is 15.8. The highest BCUT2D eigenvalue weighted by Crippen LogP contribution is 2.41. The summed E-state index contributed by atoms with van der Waals surface area (Å²) in [6.45, 7) is 6.54. The molecular weight excluding hydrogens is 835 g/mol. The van der Waals surface area contributed by atoms with Crippen molar-refractivity contribution in [3.8, 4) is 22.6 Å². The van der Waals surface area contributed by atoms with E-state index in [-0.39, 0.29) is 35.1 Å². The van der Waals surface area contributed by atoms with Crippen molar-refractivity contribution in [1.29, 1.82) is 0 Å². The molecule has 0 radical (unpaired) electrons.